The largest absolute Gasteiger partial charge is 0.573 e. The second-order valence-electron chi connectivity index (χ2n) is 5.30. The van der Waals surface area contributed by atoms with Gasteiger partial charge in [-0.15, -0.1) is 13.2 Å². The molecule has 1 aliphatic heterocycles. The minimum Gasteiger partial charge on any atom is -0.486 e. The Kier molecular flexibility index (Phi) is 5.01. The fraction of sp³-hybridized carbons (Fsp3) is 0.167. The molecular weight excluding hydrogens is 351 g/mol. The maximum absolute atomic E-state index is 12.1. The number of benzene rings is 2. The SMILES string of the molecule is O=C(/C=C\c1ccc(OC(F)(F)F)cc1)Nc1ccc2c(c1)OCCO2. The van der Waals surface area contributed by atoms with Crippen LogP contribution >= 0.6 is 0 Å². The van der Waals surface area contributed by atoms with Gasteiger partial charge in [-0.05, 0) is 35.9 Å². The summed E-state index contributed by atoms with van der Waals surface area (Å²) in [6.07, 6.45) is -1.98. The van der Waals surface area contributed by atoms with Crippen LogP contribution in [0, 0.1) is 0 Å². The van der Waals surface area contributed by atoms with Gasteiger partial charge in [0, 0.05) is 17.8 Å². The predicted molar refractivity (Wildman–Crippen MR) is 88.2 cm³/mol. The van der Waals surface area contributed by atoms with E-state index in [1.54, 1.807) is 18.2 Å². The number of alkyl halides is 3. The molecule has 1 heterocycles. The zero-order valence-electron chi connectivity index (χ0n) is 13.4. The van der Waals surface area contributed by atoms with Gasteiger partial charge in [0.05, 0.1) is 0 Å². The van der Waals surface area contributed by atoms with Gasteiger partial charge in [0.15, 0.2) is 11.5 Å². The normalized spacial score (nSPS) is 13.5. The molecule has 5 nitrogen and oxygen atoms in total. The molecule has 0 saturated carbocycles. The molecule has 8 heteroatoms. The van der Waals surface area contributed by atoms with Crippen molar-refractivity contribution in [1.82, 2.24) is 0 Å². The summed E-state index contributed by atoms with van der Waals surface area (Å²) in [7, 11) is 0. The van der Waals surface area contributed by atoms with Crippen LogP contribution in [0.4, 0.5) is 18.9 Å². The van der Waals surface area contributed by atoms with E-state index < -0.39 is 12.3 Å². The Labute approximate surface area is 147 Å². The van der Waals surface area contributed by atoms with Crippen LogP contribution in [-0.4, -0.2) is 25.5 Å². The lowest BCUT2D eigenvalue weighted by atomic mass is 10.2. The molecule has 26 heavy (non-hydrogen) atoms. The van der Waals surface area contributed by atoms with E-state index in [2.05, 4.69) is 10.1 Å². The van der Waals surface area contributed by atoms with Crippen molar-refractivity contribution in [3.63, 3.8) is 0 Å². The molecule has 2 aromatic rings. The fourth-order valence-corrected chi connectivity index (χ4v) is 2.26. The number of fused-ring (bicyclic) bond motifs is 1. The van der Waals surface area contributed by atoms with E-state index >= 15 is 0 Å². The van der Waals surface area contributed by atoms with Gasteiger partial charge in [-0.3, -0.25) is 4.79 Å². The maximum atomic E-state index is 12.1. The average molecular weight is 365 g/mol. The summed E-state index contributed by atoms with van der Waals surface area (Å²) in [5.74, 6) is 0.455. The first-order chi connectivity index (χ1) is 12.4. The van der Waals surface area contributed by atoms with E-state index in [0.717, 1.165) is 0 Å². The molecular formula is C18H14F3NO4. The number of hydrogen-bond acceptors (Lipinski definition) is 4. The Bertz CT molecular complexity index is 816. The van der Waals surface area contributed by atoms with Crippen LogP contribution in [0.15, 0.2) is 48.5 Å². The molecule has 2 aromatic carbocycles. The standard InChI is InChI=1S/C18H14F3NO4/c19-18(20,21)26-14-5-1-12(2-6-14)3-8-17(23)22-13-4-7-15-16(11-13)25-10-9-24-15/h1-8,11H,9-10H2,(H,22,23)/b8-3-. The zero-order valence-corrected chi connectivity index (χ0v) is 13.4. The third-order valence-electron chi connectivity index (χ3n) is 3.35. The smallest absolute Gasteiger partial charge is 0.486 e. The lowest BCUT2D eigenvalue weighted by molar-refractivity contribution is -0.274. The van der Waals surface area contributed by atoms with Gasteiger partial charge in [0.2, 0.25) is 5.91 Å². The molecule has 0 aromatic heterocycles. The van der Waals surface area contributed by atoms with E-state index in [0.29, 0.717) is 36.0 Å². The number of nitrogens with one attached hydrogen (secondary N) is 1. The Morgan fingerprint density at radius 1 is 1.04 bits per heavy atom. The molecule has 3 rings (SSSR count). The summed E-state index contributed by atoms with van der Waals surface area (Å²) in [5.41, 5.74) is 1.09. The number of carbonyl (C=O) groups is 1. The van der Waals surface area contributed by atoms with E-state index in [4.69, 9.17) is 9.47 Å². The molecule has 0 spiro atoms. The molecule has 0 unspecified atom stereocenters. The van der Waals surface area contributed by atoms with Gasteiger partial charge in [0.1, 0.15) is 19.0 Å². The second kappa shape index (κ2) is 7.38. The summed E-state index contributed by atoms with van der Waals surface area (Å²) in [5, 5.41) is 2.67. The molecule has 0 saturated heterocycles. The van der Waals surface area contributed by atoms with Gasteiger partial charge in [-0.1, -0.05) is 12.1 Å². The van der Waals surface area contributed by atoms with Crippen molar-refractivity contribution in [1.29, 1.82) is 0 Å². The third-order valence-corrected chi connectivity index (χ3v) is 3.35. The molecule has 0 radical (unpaired) electrons. The average Bonchev–Trinajstić information content (AvgIpc) is 2.60. The van der Waals surface area contributed by atoms with Crippen LogP contribution in [0.1, 0.15) is 5.56 Å². The highest BCUT2D eigenvalue weighted by molar-refractivity contribution is 6.02. The molecule has 136 valence electrons. The van der Waals surface area contributed by atoms with Crippen LogP contribution < -0.4 is 19.5 Å². The molecule has 1 amide bonds. The monoisotopic (exact) mass is 365 g/mol. The quantitative estimate of drug-likeness (QED) is 0.832. The first-order valence-electron chi connectivity index (χ1n) is 7.64. The van der Waals surface area contributed by atoms with E-state index in [1.165, 1.54) is 36.4 Å². The lowest BCUT2D eigenvalue weighted by Crippen LogP contribution is -2.16. The minimum absolute atomic E-state index is 0.324. The molecule has 0 bridgehead atoms. The summed E-state index contributed by atoms with van der Waals surface area (Å²) >= 11 is 0. The Morgan fingerprint density at radius 2 is 1.73 bits per heavy atom. The number of rotatable bonds is 4. The van der Waals surface area contributed by atoms with Crippen molar-refractivity contribution in [2.24, 2.45) is 0 Å². The van der Waals surface area contributed by atoms with Gasteiger partial charge < -0.3 is 19.5 Å². The number of hydrogen-bond donors (Lipinski definition) is 1. The summed E-state index contributed by atoms with van der Waals surface area (Å²) < 4.78 is 50.9. The maximum Gasteiger partial charge on any atom is 0.573 e. The van der Waals surface area contributed by atoms with Crippen LogP contribution in [0.5, 0.6) is 17.2 Å². The summed E-state index contributed by atoms with van der Waals surface area (Å²) in [6.45, 7) is 0.923. The van der Waals surface area contributed by atoms with Crippen molar-refractivity contribution >= 4 is 17.7 Å². The number of halogens is 3. The topological polar surface area (TPSA) is 56.8 Å². The van der Waals surface area contributed by atoms with Crippen LogP contribution in [0.2, 0.25) is 0 Å². The van der Waals surface area contributed by atoms with Gasteiger partial charge >= 0.3 is 6.36 Å². The van der Waals surface area contributed by atoms with Crippen LogP contribution in [-0.2, 0) is 4.79 Å². The Morgan fingerprint density at radius 3 is 2.42 bits per heavy atom. The third kappa shape index (κ3) is 4.92. The predicted octanol–water partition coefficient (Wildman–Crippen LogP) is 4.01. The van der Waals surface area contributed by atoms with Gasteiger partial charge in [-0.25, -0.2) is 0 Å². The molecule has 1 aliphatic rings. The van der Waals surface area contributed by atoms with Crippen molar-refractivity contribution in [3.8, 4) is 17.2 Å². The summed E-state index contributed by atoms with van der Waals surface area (Å²) in [6, 6.07) is 10.2. The number of amides is 1. The minimum atomic E-state index is -4.74. The zero-order chi connectivity index (χ0) is 18.6. The van der Waals surface area contributed by atoms with Crippen molar-refractivity contribution < 1.29 is 32.2 Å². The highest BCUT2D eigenvalue weighted by Crippen LogP contribution is 2.32. The highest BCUT2D eigenvalue weighted by Gasteiger charge is 2.30. The van der Waals surface area contributed by atoms with Crippen molar-refractivity contribution in [2.45, 2.75) is 6.36 Å². The first kappa shape index (κ1) is 17.7. The van der Waals surface area contributed by atoms with Gasteiger partial charge in [-0.2, -0.15) is 0 Å². The first-order valence-corrected chi connectivity index (χ1v) is 7.64. The van der Waals surface area contributed by atoms with E-state index in [-0.39, 0.29) is 5.75 Å². The van der Waals surface area contributed by atoms with E-state index in [1.807, 2.05) is 0 Å². The summed E-state index contributed by atoms with van der Waals surface area (Å²) in [4.78, 5) is 12.0. The lowest BCUT2D eigenvalue weighted by Gasteiger charge is -2.18. The van der Waals surface area contributed by atoms with E-state index in [9.17, 15) is 18.0 Å². The molecule has 1 N–H and O–H groups in total. The van der Waals surface area contributed by atoms with Crippen molar-refractivity contribution in [3.05, 3.63) is 54.1 Å². The molecule has 0 aliphatic carbocycles. The number of ether oxygens (including phenoxy) is 3. The highest BCUT2D eigenvalue weighted by atomic mass is 19.4. The Hall–Kier alpha value is -3.16. The molecule has 0 atom stereocenters. The van der Waals surface area contributed by atoms with Crippen LogP contribution in [0.25, 0.3) is 6.08 Å². The molecule has 0 fully saturated rings. The number of carbonyl (C=O) groups excluding carboxylic acids is 1. The van der Waals surface area contributed by atoms with Crippen LogP contribution in [0.3, 0.4) is 0 Å². The van der Waals surface area contributed by atoms with Crippen molar-refractivity contribution in [2.75, 3.05) is 18.5 Å². The van der Waals surface area contributed by atoms with Gasteiger partial charge in [0.25, 0.3) is 0 Å². The Balaban J connectivity index is 1.59. The fourth-order valence-electron chi connectivity index (χ4n) is 2.26. The second-order valence-corrected chi connectivity index (χ2v) is 5.30. The number of anilines is 1.